The van der Waals surface area contributed by atoms with Gasteiger partial charge in [-0.15, -0.1) is 10.2 Å². The molecule has 146 valence electrons. The molecule has 0 radical (unpaired) electrons. The van der Waals surface area contributed by atoms with E-state index in [9.17, 15) is 21.6 Å². The van der Waals surface area contributed by atoms with E-state index >= 15 is 0 Å². The van der Waals surface area contributed by atoms with Gasteiger partial charge < -0.3 is 5.32 Å². The van der Waals surface area contributed by atoms with Crippen molar-refractivity contribution in [2.45, 2.75) is 12.2 Å². The lowest BCUT2D eigenvalue weighted by molar-refractivity contribution is -0.137. The zero-order valence-corrected chi connectivity index (χ0v) is 15.2. The fraction of sp³-hybridized carbons (Fsp3) is 0.222. The van der Waals surface area contributed by atoms with Crippen LogP contribution < -0.4 is 10.0 Å². The maximum Gasteiger partial charge on any atom is 0.416 e. The highest BCUT2D eigenvalue weighted by Gasteiger charge is 2.30. The summed E-state index contributed by atoms with van der Waals surface area (Å²) in [5.41, 5.74) is 0.224. The molecule has 6 nitrogen and oxygen atoms in total. The van der Waals surface area contributed by atoms with Gasteiger partial charge >= 0.3 is 6.18 Å². The molecule has 2 N–H and O–H groups in total. The minimum atomic E-state index is -4.41. The van der Waals surface area contributed by atoms with Crippen molar-refractivity contribution in [1.29, 1.82) is 0 Å². The number of halogens is 3. The molecular formula is C18H15F3N4O2S. The van der Waals surface area contributed by atoms with Crippen molar-refractivity contribution in [2.24, 2.45) is 0 Å². The van der Waals surface area contributed by atoms with E-state index in [-0.39, 0.29) is 18.3 Å². The molecule has 2 heterocycles. The second-order valence-corrected chi connectivity index (χ2v) is 8.34. The summed E-state index contributed by atoms with van der Waals surface area (Å²) >= 11 is 0. The quantitative estimate of drug-likeness (QED) is 0.696. The van der Waals surface area contributed by atoms with Gasteiger partial charge in [-0.1, -0.05) is 36.4 Å². The van der Waals surface area contributed by atoms with E-state index in [1.54, 1.807) is 24.3 Å². The van der Waals surface area contributed by atoms with Crippen molar-refractivity contribution in [3.05, 3.63) is 54.1 Å². The van der Waals surface area contributed by atoms with Crippen LogP contribution >= 0.6 is 0 Å². The number of aromatic nitrogens is 2. The molecule has 1 atom stereocenters. The highest BCUT2D eigenvalue weighted by molar-refractivity contribution is 7.89. The Hall–Kier alpha value is -2.72. The largest absolute Gasteiger partial charge is 0.416 e. The summed E-state index contributed by atoms with van der Waals surface area (Å²) in [6.07, 6.45) is -4.41. The summed E-state index contributed by atoms with van der Waals surface area (Å²) in [7, 11) is -3.29. The van der Waals surface area contributed by atoms with Crippen molar-refractivity contribution in [3.63, 3.8) is 0 Å². The van der Waals surface area contributed by atoms with E-state index in [1.807, 2.05) is 0 Å². The van der Waals surface area contributed by atoms with Gasteiger partial charge in [-0.05, 0) is 12.1 Å². The van der Waals surface area contributed by atoms with Crippen LogP contribution in [0.4, 0.5) is 19.0 Å². The fourth-order valence-corrected chi connectivity index (χ4v) is 4.44. The van der Waals surface area contributed by atoms with Gasteiger partial charge in [0.25, 0.3) is 0 Å². The van der Waals surface area contributed by atoms with E-state index in [2.05, 4.69) is 20.2 Å². The SMILES string of the molecule is O=S1(=O)CC(Nc2nnc(-c3ccc(C(F)(F)F)cc3)c3ccccc23)CN1. The minimum absolute atomic E-state index is 0.0658. The molecule has 2 aromatic carbocycles. The van der Waals surface area contributed by atoms with Crippen LogP contribution in [0, 0.1) is 0 Å². The number of rotatable bonds is 3. The van der Waals surface area contributed by atoms with Crippen LogP contribution in [0.2, 0.25) is 0 Å². The standard InChI is InChI=1S/C18H15F3N4O2S/c19-18(20,21)12-7-5-11(6-8-12)16-14-3-1-2-4-15(14)17(25-24-16)23-13-9-22-28(26,27)10-13/h1-8,13,22H,9-10H2,(H,23,25). The number of nitrogens with zero attached hydrogens (tertiary/aromatic N) is 2. The highest BCUT2D eigenvalue weighted by Crippen LogP contribution is 2.33. The number of alkyl halides is 3. The maximum atomic E-state index is 12.8. The second-order valence-electron chi connectivity index (χ2n) is 6.49. The molecule has 1 aliphatic rings. The third kappa shape index (κ3) is 3.65. The molecule has 1 aromatic heterocycles. The molecule has 0 bridgehead atoms. The fourth-order valence-electron chi connectivity index (χ4n) is 3.14. The van der Waals surface area contributed by atoms with Crippen molar-refractivity contribution >= 4 is 26.6 Å². The first kappa shape index (κ1) is 18.6. The number of fused-ring (bicyclic) bond motifs is 1. The van der Waals surface area contributed by atoms with Crippen LogP contribution in [-0.2, 0) is 16.2 Å². The van der Waals surface area contributed by atoms with Crippen molar-refractivity contribution in [3.8, 4) is 11.3 Å². The van der Waals surface area contributed by atoms with Crippen molar-refractivity contribution in [1.82, 2.24) is 14.9 Å². The van der Waals surface area contributed by atoms with Gasteiger partial charge in [-0.2, -0.15) is 13.2 Å². The van der Waals surface area contributed by atoms with E-state index < -0.39 is 21.8 Å². The van der Waals surface area contributed by atoms with Gasteiger partial charge in [0, 0.05) is 22.9 Å². The summed E-state index contributed by atoms with van der Waals surface area (Å²) in [4.78, 5) is 0. The van der Waals surface area contributed by atoms with E-state index in [0.29, 0.717) is 27.8 Å². The molecule has 0 saturated carbocycles. The first-order valence-electron chi connectivity index (χ1n) is 8.40. The lowest BCUT2D eigenvalue weighted by atomic mass is 10.0. The number of nitrogens with one attached hydrogen (secondary N) is 2. The van der Waals surface area contributed by atoms with Gasteiger partial charge in [0.1, 0.15) is 5.69 Å². The molecular weight excluding hydrogens is 393 g/mol. The lowest BCUT2D eigenvalue weighted by Gasteiger charge is -2.14. The summed E-state index contributed by atoms with van der Waals surface area (Å²) in [5, 5.41) is 12.8. The van der Waals surface area contributed by atoms with Gasteiger partial charge in [-0.3, -0.25) is 0 Å². The maximum absolute atomic E-state index is 12.8. The number of sulfonamides is 1. The van der Waals surface area contributed by atoms with Crippen LogP contribution in [0.5, 0.6) is 0 Å². The molecule has 4 rings (SSSR count). The molecule has 0 amide bonds. The predicted octanol–water partition coefficient (Wildman–Crippen LogP) is 3.03. The Morgan fingerprint density at radius 3 is 2.29 bits per heavy atom. The third-order valence-corrected chi connectivity index (χ3v) is 5.93. The lowest BCUT2D eigenvalue weighted by Crippen LogP contribution is -2.25. The molecule has 1 saturated heterocycles. The number of hydrogen-bond donors (Lipinski definition) is 2. The van der Waals surface area contributed by atoms with Crippen LogP contribution in [0.15, 0.2) is 48.5 Å². The monoisotopic (exact) mass is 408 g/mol. The molecule has 0 spiro atoms. The topological polar surface area (TPSA) is 84.0 Å². The summed E-state index contributed by atoms with van der Waals surface area (Å²) in [5.74, 6) is 0.360. The van der Waals surface area contributed by atoms with Crippen LogP contribution in [0.3, 0.4) is 0 Å². The average Bonchev–Trinajstić information content (AvgIpc) is 3.00. The number of hydrogen-bond acceptors (Lipinski definition) is 5. The average molecular weight is 408 g/mol. The van der Waals surface area contributed by atoms with Crippen LogP contribution in [-0.4, -0.2) is 37.0 Å². The minimum Gasteiger partial charge on any atom is -0.363 e. The second kappa shape index (κ2) is 6.71. The Kier molecular flexibility index (Phi) is 4.47. The first-order valence-corrected chi connectivity index (χ1v) is 10.1. The first-order chi connectivity index (χ1) is 13.2. The Labute approximate surface area is 158 Å². The Bertz CT molecular complexity index is 1130. The summed E-state index contributed by atoms with van der Waals surface area (Å²) in [6, 6.07) is 11.6. The Morgan fingerprint density at radius 1 is 1.00 bits per heavy atom. The summed E-state index contributed by atoms with van der Waals surface area (Å²) < 4.78 is 63.9. The van der Waals surface area contributed by atoms with Crippen molar-refractivity contribution < 1.29 is 21.6 Å². The number of benzene rings is 2. The van der Waals surface area contributed by atoms with Crippen LogP contribution in [0.25, 0.3) is 22.0 Å². The van der Waals surface area contributed by atoms with Crippen LogP contribution in [0.1, 0.15) is 5.56 Å². The van der Waals surface area contributed by atoms with Crippen molar-refractivity contribution in [2.75, 3.05) is 17.6 Å². The van der Waals surface area contributed by atoms with Gasteiger partial charge in [0.2, 0.25) is 10.0 Å². The molecule has 1 unspecified atom stereocenters. The van der Waals surface area contributed by atoms with Gasteiger partial charge in [0.15, 0.2) is 5.82 Å². The Morgan fingerprint density at radius 2 is 1.68 bits per heavy atom. The van der Waals surface area contributed by atoms with E-state index in [0.717, 1.165) is 12.1 Å². The predicted molar refractivity (Wildman–Crippen MR) is 99.2 cm³/mol. The molecule has 3 aromatic rings. The normalized spacial score (nSPS) is 19.0. The molecule has 28 heavy (non-hydrogen) atoms. The van der Waals surface area contributed by atoms with E-state index in [4.69, 9.17) is 0 Å². The third-order valence-electron chi connectivity index (χ3n) is 4.48. The molecule has 1 fully saturated rings. The van der Waals surface area contributed by atoms with Gasteiger partial charge in [0.05, 0.1) is 17.4 Å². The van der Waals surface area contributed by atoms with E-state index in [1.165, 1.54) is 12.1 Å². The zero-order valence-electron chi connectivity index (χ0n) is 14.4. The zero-order chi connectivity index (χ0) is 19.9. The molecule has 10 heteroatoms. The molecule has 1 aliphatic heterocycles. The number of anilines is 1. The Balaban J connectivity index is 1.72. The smallest absolute Gasteiger partial charge is 0.363 e. The van der Waals surface area contributed by atoms with Gasteiger partial charge in [-0.25, -0.2) is 13.1 Å². The summed E-state index contributed by atoms with van der Waals surface area (Å²) in [6.45, 7) is 0.249. The molecule has 0 aliphatic carbocycles. The highest BCUT2D eigenvalue weighted by atomic mass is 32.2.